The molecule has 0 saturated heterocycles. The van der Waals surface area contributed by atoms with Crippen molar-refractivity contribution in [2.24, 2.45) is 0 Å². The van der Waals surface area contributed by atoms with Crippen molar-refractivity contribution in [2.45, 2.75) is 13.0 Å². The molecule has 0 saturated carbocycles. The highest BCUT2D eigenvalue weighted by Crippen LogP contribution is 2.24. The van der Waals surface area contributed by atoms with E-state index < -0.39 is 11.9 Å². The molecule has 0 aliphatic rings. The van der Waals surface area contributed by atoms with Crippen molar-refractivity contribution in [3.8, 4) is 6.07 Å². The van der Waals surface area contributed by atoms with E-state index in [0.717, 1.165) is 11.3 Å². The number of nitrogens with one attached hydrogen (secondary N) is 1. The summed E-state index contributed by atoms with van der Waals surface area (Å²) in [6.45, 7) is 1.99. The summed E-state index contributed by atoms with van der Waals surface area (Å²) in [6, 6.07) is 13.7. The Kier molecular flexibility index (Phi) is 4.18. The average molecular weight is 319 g/mol. The maximum Gasteiger partial charge on any atom is 0.143 e. The lowest BCUT2D eigenvalue weighted by Gasteiger charge is -2.14. The number of hydrogen-bond donors (Lipinski definition) is 1. The number of aryl methyl sites for hydroxylation is 1. The zero-order valence-corrected chi connectivity index (χ0v) is 11.9. The Morgan fingerprint density at radius 1 is 1.21 bits per heavy atom. The fourth-order valence-corrected chi connectivity index (χ4v) is 2.06. The number of nitrogens with zero attached hydrogens (tertiary/aromatic N) is 1. The van der Waals surface area contributed by atoms with Crippen molar-refractivity contribution in [1.82, 2.24) is 0 Å². The third-order valence-electron chi connectivity index (χ3n) is 2.77. The zero-order valence-electron chi connectivity index (χ0n) is 10.3. The van der Waals surface area contributed by atoms with Crippen molar-refractivity contribution >= 4 is 21.6 Å². The van der Waals surface area contributed by atoms with Gasteiger partial charge >= 0.3 is 0 Å². The summed E-state index contributed by atoms with van der Waals surface area (Å²) in [4.78, 5) is 0. The van der Waals surface area contributed by atoms with Crippen LogP contribution in [-0.4, -0.2) is 0 Å². The number of halogens is 2. The van der Waals surface area contributed by atoms with E-state index in [1.54, 1.807) is 12.1 Å². The standard InChI is InChI=1S/C15H12BrFN2/c1-10-2-5-12(6-3-10)19-15(9-18)13-7-4-11(16)8-14(13)17/h2-8,15,19H,1H3. The third kappa shape index (κ3) is 3.33. The van der Waals surface area contributed by atoms with Gasteiger partial charge in [-0.05, 0) is 31.2 Å². The number of rotatable bonds is 3. The van der Waals surface area contributed by atoms with Gasteiger partial charge in [0.25, 0.3) is 0 Å². The Balaban J connectivity index is 2.25. The van der Waals surface area contributed by atoms with Crippen molar-refractivity contribution in [1.29, 1.82) is 5.26 Å². The van der Waals surface area contributed by atoms with Crippen molar-refractivity contribution in [3.05, 3.63) is 63.9 Å². The van der Waals surface area contributed by atoms with Crippen LogP contribution >= 0.6 is 15.9 Å². The quantitative estimate of drug-likeness (QED) is 0.899. The van der Waals surface area contributed by atoms with Gasteiger partial charge in [-0.2, -0.15) is 5.26 Å². The lowest BCUT2D eigenvalue weighted by molar-refractivity contribution is 0.606. The van der Waals surface area contributed by atoms with E-state index in [-0.39, 0.29) is 0 Å². The topological polar surface area (TPSA) is 35.8 Å². The smallest absolute Gasteiger partial charge is 0.143 e. The molecule has 1 atom stereocenters. The molecular formula is C15H12BrFN2. The first-order valence-corrected chi connectivity index (χ1v) is 6.57. The Hall–Kier alpha value is -1.86. The van der Waals surface area contributed by atoms with Gasteiger partial charge in [0.1, 0.15) is 11.9 Å². The van der Waals surface area contributed by atoms with E-state index in [4.69, 9.17) is 0 Å². The maximum atomic E-state index is 13.8. The molecule has 0 bridgehead atoms. The molecule has 2 rings (SSSR count). The van der Waals surface area contributed by atoms with E-state index in [9.17, 15) is 9.65 Å². The second-order valence-electron chi connectivity index (χ2n) is 4.24. The van der Waals surface area contributed by atoms with Crippen LogP contribution < -0.4 is 5.32 Å². The summed E-state index contributed by atoms with van der Waals surface area (Å²) >= 11 is 3.20. The van der Waals surface area contributed by atoms with Crippen LogP contribution in [0, 0.1) is 24.1 Å². The van der Waals surface area contributed by atoms with Crippen LogP contribution in [0.4, 0.5) is 10.1 Å². The minimum atomic E-state index is -0.712. The molecule has 96 valence electrons. The molecule has 0 heterocycles. The Morgan fingerprint density at radius 2 is 1.89 bits per heavy atom. The van der Waals surface area contributed by atoms with Gasteiger partial charge in [-0.25, -0.2) is 4.39 Å². The first kappa shape index (κ1) is 13.6. The first-order chi connectivity index (χ1) is 9.10. The lowest BCUT2D eigenvalue weighted by Crippen LogP contribution is -2.10. The van der Waals surface area contributed by atoms with Gasteiger partial charge in [0.2, 0.25) is 0 Å². The molecule has 0 aliphatic heterocycles. The molecule has 1 unspecified atom stereocenters. The SMILES string of the molecule is Cc1ccc(NC(C#N)c2ccc(Br)cc2F)cc1. The highest BCUT2D eigenvalue weighted by molar-refractivity contribution is 9.10. The molecule has 2 aromatic carbocycles. The molecule has 1 N–H and O–H groups in total. The van der Waals surface area contributed by atoms with E-state index >= 15 is 0 Å². The van der Waals surface area contributed by atoms with Crippen LogP contribution in [-0.2, 0) is 0 Å². The fourth-order valence-electron chi connectivity index (χ4n) is 1.73. The molecule has 2 nitrogen and oxygen atoms in total. The fraction of sp³-hybridized carbons (Fsp3) is 0.133. The molecule has 0 amide bonds. The van der Waals surface area contributed by atoms with E-state index in [2.05, 4.69) is 27.3 Å². The molecule has 4 heteroatoms. The molecule has 0 radical (unpaired) electrons. The molecule has 19 heavy (non-hydrogen) atoms. The molecule has 0 fully saturated rings. The normalized spacial score (nSPS) is 11.7. The van der Waals surface area contributed by atoms with Crippen LogP contribution in [0.3, 0.4) is 0 Å². The van der Waals surface area contributed by atoms with Crippen LogP contribution in [0.5, 0.6) is 0 Å². The molecule has 0 aliphatic carbocycles. The summed E-state index contributed by atoms with van der Waals surface area (Å²) < 4.78 is 14.5. The van der Waals surface area contributed by atoms with Gasteiger partial charge in [0, 0.05) is 15.7 Å². The Labute approximate surface area is 120 Å². The van der Waals surface area contributed by atoms with Crippen molar-refractivity contribution < 1.29 is 4.39 Å². The van der Waals surface area contributed by atoms with Crippen LogP contribution in [0.25, 0.3) is 0 Å². The maximum absolute atomic E-state index is 13.8. The van der Waals surface area contributed by atoms with Gasteiger partial charge in [-0.3, -0.25) is 0 Å². The van der Waals surface area contributed by atoms with Crippen molar-refractivity contribution in [3.63, 3.8) is 0 Å². The van der Waals surface area contributed by atoms with Gasteiger partial charge in [0.15, 0.2) is 0 Å². The summed E-state index contributed by atoms with van der Waals surface area (Å²) in [7, 11) is 0. The van der Waals surface area contributed by atoms with E-state index in [1.807, 2.05) is 31.2 Å². The lowest BCUT2D eigenvalue weighted by atomic mass is 10.1. The Bertz CT molecular complexity index is 617. The zero-order chi connectivity index (χ0) is 13.8. The summed E-state index contributed by atoms with van der Waals surface area (Å²) in [5, 5.41) is 12.2. The number of hydrogen-bond acceptors (Lipinski definition) is 2. The Morgan fingerprint density at radius 3 is 2.47 bits per heavy atom. The van der Waals surface area contributed by atoms with Crippen LogP contribution in [0.1, 0.15) is 17.2 Å². The first-order valence-electron chi connectivity index (χ1n) is 5.78. The molecule has 0 spiro atoms. The van der Waals surface area contributed by atoms with Crippen LogP contribution in [0.15, 0.2) is 46.9 Å². The van der Waals surface area contributed by atoms with Gasteiger partial charge in [0.05, 0.1) is 6.07 Å². The molecule has 2 aromatic rings. The molecule has 0 aromatic heterocycles. The highest BCUT2D eigenvalue weighted by atomic mass is 79.9. The van der Waals surface area contributed by atoms with E-state index in [0.29, 0.717) is 10.0 Å². The summed E-state index contributed by atoms with van der Waals surface area (Å²) in [6.07, 6.45) is 0. The minimum absolute atomic E-state index is 0.339. The highest BCUT2D eigenvalue weighted by Gasteiger charge is 2.15. The van der Waals surface area contributed by atoms with Gasteiger partial charge < -0.3 is 5.32 Å². The third-order valence-corrected chi connectivity index (χ3v) is 3.26. The number of nitriles is 1. The largest absolute Gasteiger partial charge is 0.366 e. The van der Waals surface area contributed by atoms with E-state index in [1.165, 1.54) is 6.07 Å². The predicted octanol–water partition coefficient (Wildman–Crippen LogP) is 4.57. The monoisotopic (exact) mass is 318 g/mol. The van der Waals surface area contributed by atoms with Gasteiger partial charge in [-0.1, -0.05) is 39.7 Å². The minimum Gasteiger partial charge on any atom is -0.366 e. The summed E-state index contributed by atoms with van der Waals surface area (Å²) in [5.41, 5.74) is 2.26. The van der Waals surface area contributed by atoms with Crippen molar-refractivity contribution in [2.75, 3.05) is 5.32 Å². The summed E-state index contributed by atoms with van der Waals surface area (Å²) in [5.74, 6) is -0.402. The predicted molar refractivity (Wildman–Crippen MR) is 77.3 cm³/mol. The number of benzene rings is 2. The van der Waals surface area contributed by atoms with Crippen LogP contribution in [0.2, 0.25) is 0 Å². The molecular weight excluding hydrogens is 307 g/mol. The number of anilines is 1. The average Bonchev–Trinajstić information content (AvgIpc) is 2.39. The second-order valence-corrected chi connectivity index (χ2v) is 5.15. The van der Waals surface area contributed by atoms with Gasteiger partial charge in [-0.15, -0.1) is 0 Å². The second kappa shape index (κ2) is 5.85.